The van der Waals surface area contributed by atoms with E-state index in [4.69, 9.17) is 14.6 Å². The van der Waals surface area contributed by atoms with Crippen LogP contribution in [0, 0.1) is 5.92 Å². The lowest BCUT2D eigenvalue weighted by Gasteiger charge is -2.43. The zero-order valence-corrected chi connectivity index (χ0v) is 19.0. The van der Waals surface area contributed by atoms with Crippen LogP contribution < -0.4 is 10.4 Å². The monoisotopic (exact) mass is 429 g/mol. The Morgan fingerprint density at radius 3 is 1.73 bits per heavy atom. The molecule has 0 aliphatic heterocycles. The van der Waals surface area contributed by atoms with E-state index >= 15 is 0 Å². The zero-order chi connectivity index (χ0) is 22.4. The number of carbonyl (C=O) groups is 2. The summed E-state index contributed by atoms with van der Waals surface area (Å²) in [5.41, 5.74) is 0. The molecule has 0 aromatic heterocycles. The molecule has 0 unspecified atom stereocenters. The molecule has 7 heteroatoms. The second-order valence-electron chi connectivity index (χ2n) is 8.58. The molecular weight excluding hydrogens is 398 g/mol. The summed E-state index contributed by atoms with van der Waals surface area (Å²) in [6, 6.07) is 20.5. The fourth-order valence-electron chi connectivity index (χ4n) is 3.73. The summed E-state index contributed by atoms with van der Waals surface area (Å²) in [6.45, 7) is 8.89. The highest BCUT2D eigenvalue weighted by molar-refractivity contribution is 6.99. The predicted octanol–water partition coefficient (Wildman–Crippen LogP) is 4.25. The second kappa shape index (κ2) is 9.91. The third-order valence-electron chi connectivity index (χ3n) is 5.31. The van der Waals surface area contributed by atoms with Crippen LogP contribution in [0.5, 0.6) is 0 Å². The third kappa shape index (κ3) is 5.28. The van der Waals surface area contributed by atoms with Crippen LogP contribution in [0.25, 0.3) is 0 Å². The Labute approximate surface area is 179 Å². The van der Waals surface area contributed by atoms with Gasteiger partial charge in [-0.15, -0.1) is 0 Å². The van der Waals surface area contributed by atoms with Gasteiger partial charge in [-0.3, -0.25) is 0 Å². The van der Waals surface area contributed by atoms with Crippen molar-refractivity contribution in [1.82, 2.24) is 4.90 Å². The minimum absolute atomic E-state index is 0.00662. The van der Waals surface area contributed by atoms with Gasteiger partial charge < -0.3 is 14.6 Å². The van der Waals surface area contributed by atoms with Gasteiger partial charge in [0.05, 0.1) is 0 Å². The molecule has 0 heterocycles. The van der Waals surface area contributed by atoms with E-state index in [0.717, 1.165) is 0 Å². The molecule has 0 aliphatic carbocycles. The van der Waals surface area contributed by atoms with E-state index in [2.05, 4.69) is 45.0 Å². The highest BCUT2D eigenvalue weighted by Gasteiger charge is 2.50. The highest BCUT2D eigenvalue weighted by atomic mass is 28.4. The van der Waals surface area contributed by atoms with E-state index in [-0.39, 0.29) is 17.5 Å². The number of hydrogen-bond acceptors (Lipinski definition) is 3. The molecule has 0 bridgehead atoms. The number of carboxylic acid groups (broad SMARTS) is 2. The van der Waals surface area contributed by atoms with Crippen molar-refractivity contribution in [3.63, 3.8) is 0 Å². The lowest BCUT2D eigenvalue weighted by molar-refractivity contribution is 0.118. The Balaban J connectivity index is 2.31. The van der Waals surface area contributed by atoms with Crippen LogP contribution in [-0.4, -0.2) is 48.8 Å². The number of hydrogen-bond donors (Lipinski definition) is 2. The van der Waals surface area contributed by atoms with Crippen LogP contribution >= 0.6 is 0 Å². The van der Waals surface area contributed by atoms with Gasteiger partial charge in [0, 0.05) is 13.2 Å². The molecule has 0 saturated carbocycles. The standard InChI is InChI=1S/C23H31NO5Si/c1-18(15-16-24(21(25)26)22(27)28)17-29-30(23(2,3)4,19-11-7-5-8-12-19)20-13-9-6-10-14-20/h5-14,18H,15-17H2,1-4H3,(H,25,26)(H,27,28)/t18-/m1/s1. The molecule has 0 spiro atoms. The van der Waals surface area contributed by atoms with E-state index in [0.29, 0.717) is 17.9 Å². The Bertz CT molecular complexity index is 782. The van der Waals surface area contributed by atoms with Crippen molar-refractivity contribution in [2.75, 3.05) is 13.2 Å². The number of nitrogens with zero attached hydrogens (tertiary/aromatic N) is 1. The second-order valence-corrected chi connectivity index (χ2v) is 12.9. The van der Waals surface area contributed by atoms with E-state index in [9.17, 15) is 9.59 Å². The number of rotatable bonds is 8. The van der Waals surface area contributed by atoms with Gasteiger partial charge in [-0.25, -0.2) is 14.5 Å². The summed E-state index contributed by atoms with van der Waals surface area (Å²) < 4.78 is 6.81. The number of benzene rings is 2. The van der Waals surface area contributed by atoms with Gasteiger partial charge in [-0.1, -0.05) is 88.4 Å². The van der Waals surface area contributed by atoms with Crippen LogP contribution in [0.2, 0.25) is 5.04 Å². The van der Waals surface area contributed by atoms with Gasteiger partial charge in [0.1, 0.15) is 0 Å². The lowest BCUT2D eigenvalue weighted by atomic mass is 10.1. The van der Waals surface area contributed by atoms with Crippen LogP contribution in [0.3, 0.4) is 0 Å². The average Bonchev–Trinajstić information content (AvgIpc) is 2.68. The van der Waals surface area contributed by atoms with Crippen molar-refractivity contribution in [3.05, 3.63) is 60.7 Å². The Morgan fingerprint density at radius 2 is 1.37 bits per heavy atom. The SMILES string of the molecule is C[C@H](CCN(C(=O)O)C(=O)O)CO[Si](c1ccccc1)(c1ccccc1)C(C)(C)C. The summed E-state index contributed by atoms with van der Waals surface area (Å²) in [5.74, 6) is -0.00662. The molecule has 162 valence electrons. The maximum atomic E-state index is 11.1. The van der Waals surface area contributed by atoms with Crippen LogP contribution in [0.4, 0.5) is 9.59 Å². The molecule has 6 nitrogen and oxygen atoms in total. The van der Waals surface area contributed by atoms with Crippen molar-refractivity contribution >= 4 is 30.9 Å². The van der Waals surface area contributed by atoms with E-state index < -0.39 is 20.5 Å². The van der Waals surface area contributed by atoms with Crippen molar-refractivity contribution in [1.29, 1.82) is 0 Å². The molecule has 2 amide bonds. The molecule has 0 aliphatic rings. The molecule has 2 aromatic carbocycles. The minimum Gasteiger partial charge on any atom is -0.465 e. The molecule has 30 heavy (non-hydrogen) atoms. The van der Waals surface area contributed by atoms with Gasteiger partial charge in [0.25, 0.3) is 8.32 Å². The molecule has 2 N–H and O–H groups in total. The van der Waals surface area contributed by atoms with Gasteiger partial charge in [0.15, 0.2) is 0 Å². The minimum atomic E-state index is -2.66. The summed E-state index contributed by atoms with van der Waals surface area (Å²) >= 11 is 0. The molecular formula is C23H31NO5Si. The maximum Gasteiger partial charge on any atom is 0.416 e. The Kier molecular flexibility index (Phi) is 7.81. The maximum absolute atomic E-state index is 11.1. The van der Waals surface area contributed by atoms with Gasteiger partial charge in [-0.05, 0) is 27.8 Å². The van der Waals surface area contributed by atoms with Crippen molar-refractivity contribution in [2.24, 2.45) is 5.92 Å². The van der Waals surface area contributed by atoms with E-state index in [1.807, 2.05) is 43.3 Å². The normalized spacial score (nSPS) is 12.9. The highest BCUT2D eigenvalue weighted by Crippen LogP contribution is 2.37. The van der Waals surface area contributed by atoms with Crippen molar-refractivity contribution in [2.45, 2.75) is 39.2 Å². The molecule has 1 atom stereocenters. The first-order valence-corrected chi connectivity index (χ1v) is 12.0. The first-order chi connectivity index (χ1) is 14.1. The first kappa shape index (κ1) is 23.6. The third-order valence-corrected chi connectivity index (χ3v) is 10.3. The summed E-state index contributed by atoms with van der Waals surface area (Å²) in [4.78, 5) is 22.6. The summed E-state index contributed by atoms with van der Waals surface area (Å²) in [5, 5.41) is 20.3. The van der Waals surface area contributed by atoms with E-state index in [1.165, 1.54) is 10.4 Å². The van der Waals surface area contributed by atoms with Crippen molar-refractivity contribution < 1.29 is 24.2 Å². The molecule has 0 saturated heterocycles. The summed E-state index contributed by atoms with van der Waals surface area (Å²) in [7, 11) is -2.66. The van der Waals surface area contributed by atoms with Crippen LogP contribution in [-0.2, 0) is 4.43 Å². The number of imide groups is 1. The molecule has 2 rings (SSSR count). The number of amides is 2. The van der Waals surface area contributed by atoms with Crippen LogP contribution in [0.15, 0.2) is 60.7 Å². The zero-order valence-electron chi connectivity index (χ0n) is 18.0. The van der Waals surface area contributed by atoms with E-state index in [1.54, 1.807) is 0 Å². The molecule has 2 aromatic rings. The lowest BCUT2D eigenvalue weighted by Crippen LogP contribution is -2.66. The predicted molar refractivity (Wildman–Crippen MR) is 120 cm³/mol. The van der Waals surface area contributed by atoms with Crippen molar-refractivity contribution in [3.8, 4) is 0 Å². The molecule has 0 radical (unpaired) electrons. The average molecular weight is 430 g/mol. The smallest absolute Gasteiger partial charge is 0.416 e. The topological polar surface area (TPSA) is 87.1 Å². The van der Waals surface area contributed by atoms with Crippen LogP contribution in [0.1, 0.15) is 34.1 Å². The first-order valence-electron chi connectivity index (χ1n) is 10.1. The van der Waals surface area contributed by atoms with Gasteiger partial charge in [0.2, 0.25) is 0 Å². The Morgan fingerprint density at radius 1 is 0.933 bits per heavy atom. The fraction of sp³-hybridized carbons (Fsp3) is 0.391. The summed E-state index contributed by atoms with van der Waals surface area (Å²) in [6.07, 6.45) is -2.51. The Hall–Kier alpha value is -2.64. The van der Waals surface area contributed by atoms with Gasteiger partial charge >= 0.3 is 12.2 Å². The largest absolute Gasteiger partial charge is 0.465 e. The van der Waals surface area contributed by atoms with Gasteiger partial charge in [-0.2, -0.15) is 0 Å². The molecule has 0 fully saturated rings. The quantitative estimate of drug-likeness (QED) is 0.613. The fourth-order valence-corrected chi connectivity index (χ4v) is 8.42.